The molecule has 37 heavy (non-hydrogen) atoms. The zero-order valence-corrected chi connectivity index (χ0v) is 21.6. The van der Waals surface area contributed by atoms with Crippen LogP contribution in [0.5, 0.6) is 6.01 Å². The second kappa shape index (κ2) is 12.1. The first-order valence-electron chi connectivity index (χ1n) is 12.9. The monoisotopic (exact) mass is 507 g/mol. The molecule has 0 saturated heterocycles. The third kappa shape index (κ3) is 7.21. The number of carbonyl (C=O) groups excluding carboxylic acids is 1. The Balaban J connectivity index is 1.38. The molecule has 1 amide bonds. The minimum absolute atomic E-state index is 0.0147. The van der Waals surface area contributed by atoms with Gasteiger partial charge in [-0.05, 0) is 50.3 Å². The highest BCUT2D eigenvalue weighted by molar-refractivity contribution is 5.94. The van der Waals surface area contributed by atoms with Crippen molar-refractivity contribution < 1.29 is 18.4 Å². The van der Waals surface area contributed by atoms with Gasteiger partial charge >= 0.3 is 6.01 Å². The molecule has 0 aliphatic heterocycles. The number of hydrogen-bond acceptors (Lipinski definition) is 7. The van der Waals surface area contributed by atoms with Gasteiger partial charge in [-0.3, -0.25) is 4.79 Å². The van der Waals surface area contributed by atoms with Crippen LogP contribution >= 0.6 is 0 Å². The number of nitrogens with zero attached hydrogens (tertiary/aromatic N) is 5. The Bertz CT molecular complexity index is 1210. The molecule has 2 heterocycles. The number of allylic oxidation sites excluding steroid dienone is 1. The third-order valence-electron chi connectivity index (χ3n) is 6.57. The van der Waals surface area contributed by atoms with Crippen LogP contribution in [-0.2, 0) is 16.6 Å². The maximum atomic E-state index is 13.3. The molecule has 1 saturated carbocycles. The van der Waals surface area contributed by atoms with Crippen LogP contribution in [0.3, 0.4) is 0 Å². The summed E-state index contributed by atoms with van der Waals surface area (Å²) in [6.45, 7) is 8.33. The fraction of sp³-hybridized carbons (Fsp3) is 0.464. The largest absolute Gasteiger partial charge is 0.464 e. The van der Waals surface area contributed by atoms with Crippen molar-refractivity contribution in [2.24, 2.45) is 0 Å². The van der Waals surface area contributed by atoms with Crippen molar-refractivity contribution in [3.05, 3.63) is 60.8 Å². The van der Waals surface area contributed by atoms with Crippen LogP contribution in [0.2, 0.25) is 0 Å². The van der Waals surface area contributed by atoms with Gasteiger partial charge in [0.15, 0.2) is 5.82 Å². The normalized spacial score (nSPS) is 13.8. The van der Waals surface area contributed by atoms with Crippen LogP contribution < -0.4 is 9.64 Å². The number of amides is 1. The predicted molar refractivity (Wildman–Crippen MR) is 139 cm³/mol. The summed E-state index contributed by atoms with van der Waals surface area (Å²) in [5.41, 5.74) is 2.52. The minimum Gasteiger partial charge on any atom is -0.464 e. The molecule has 1 aliphatic rings. The van der Waals surface area contributed by atoms with E-state index in [2.05, 4.69) is 33.6 Å². The lowest BCUT2D eigenvalue weighted by Gasteiger charge is -2.23. The van der Waals surface area contributed by atoms with E-state index in [1.54, 1.807) is 17.3 Å². The van der Waals surface area contributed by atoms with Crippen LogP contribution in [0.1, 0.15) is 70.5 Å². The SMILES string of the molecule is C=C(F)CCC(=O)N(CCCCCc1noc(C2(C)CC2)n1)c1cccc(-c2cnc(OCC)nc2)c1. The van der Waals surface area contributed by atoms with Gasteiger partial charge in [0.25, 0.3) is 0 Å². The first kappa shape index (κ1) is 26.4. The Morgan fingerprint density at radius 1 is 1.16 bits per heavy atom. The Labute approximate surface area is 217 Å². The number of aryl methyl sites for hydroxylation is 1. The standard InChI is InChI=1S/C28H34FN5O3/c1-4-36-27-30-18-22(19-31-27)21-9-8-10-23(17-21)34(25(35)13-12-20(2)29)16-7-5-6-11-24-32-26(37-33-24)28(3)14-15-28/h8-10,17-19H,2,4-7,11-16H2,1,3H3. The van der Waals surface area contributed by atoms with Crippen LogP contribution in [0.15, 0.2) is 53.6 Å². The summed E-state index contributed by atoms with van der Waals surface area (Å²) < 4.78 is 24.0. The highest BCUT2D eigenvalue weighted by atomic mass is 19.1. The number of ether oxygens (including phenoxy) is 1. The summed E-state index contributed by atoms with van der Waals surface area (Å²) in [4.78, 5) is 27.8. The lowest BCUT2D eigenvalue weighted by atomic mass is 10.1. The molecule has 8 nitrogen and oxygen atoms in total. The fourth-order valence-electron chi connectivity index (χ4n) is 4.03. The second-order valence-electron chi connectivity index (χ2n) is 9.69. The van der Waals surface area contributed by atoms with Crippen molar-refractivity contribution in [1.82, 2.24) is 20.1 Å². The number of unbranched alkanes of at least 4 members (excludes halogenated alkanes) is 2. The highest BCUT2D eigenvalue weighted by Crippen LogP contribution is 2.46. The van der Waals surface area contributed by atoms with Crippen molar-refractivity contribution >= 4 is 11.6 Å². The second-order valence-corrected chi connectivity index (χ2v) is 9.69. The molecule has 4 rings (SSSR count). The zero-order chi connectivity index (χ0) is 26.3. The number of benzene rings is 1. The van der Waals surface area contributed by atoms with Gasteiger partial charge in [0.05, 0.1) is 12.4 Å². The molecule has 1 aromatic carbocycles. The van der Waals surface area contributed by atoms with Gasteiger partial charge in [-0.15, -0.1) is 0 Å². The molecule has 0 N–H and O–H groups in total. The predicted octanol–water partition coefficient (Wildman–Crippen LogP) is 5.99. The average Bonchev–Trinajstić information content (AvgIpc) is 3.46. The molecule has 3 aromatic rings. The summed E-state index contributed by atoms with van der Waals surface area (Å²) in [6.07, 6.45) is 8.99. The fourth-order valence-corrected chi connectivity index (χ4v) is 4.03. The van der Waals surface area contributed by atoms with Crippen molar-refractivity contribution in [1.29, 1.82) is 0 Å². The number of halogens is 1. The Hall–Kier alpha value is -3.62. The van der Waals surface area contributed by atoms with E-state index in [4.69, 9.17) is 9.26 Å². The van der Waals surface area contributed by atoms with Crippen LogP contribution in [0.4, 0.5) is 10.1 Å². The topological polar surface area (TPSA) is 94.2 Å². The maximum absolute atomic E-state index is 13.3. The first-order chi connectivity index (χ1) is 17.9. The molecular weight excluding hydrogens is 473 g/mol. The number of carbonyl (C=O) groups is 1. The van der Waals surface area contributed by atoms with E-state index in [-0.39, 0.29) is 24.2 Å². The summed E-state index contributed by atoms with van der Waals surface area (Å²) >= 11 is 0. The smallest absolute Gasteiger partial charge is 0.316 e. The van der Waals surface area contributed by atoms with E-state index in [0.717, 1.165) is 67.1 Å². The molecular formula is C28H34FN5O3. The zero-order valence-electron chi connectivity index (χ0n) is 21.6. The van der Waals surface area contributed by atoms with E-state index >= 15 is 0 Å². The lowest BCUT2D eigenvalue weighted by molar-refractivity contribution is -0.118. The summed E-state index contributed by atoms with van der Waals surface area (Å²) in [7, 11) is 0. The summed E-state index contributed by atoms with van der Waals surface area (Å²) in [5.74, 6) is 0.849. The molecule has 0 radical (unpaired) electrons. The van der Waals surface area contributed by atoms with E-state index < -0.39 is 5.83 Å². The van der Waals surface area contributed by atoms with Gasteiger partial charge in [-0.25, -0.2) is 14.4 Å². The van der Waals surface area contributed by atoms with Gasteiger partial charge in [0.2, 0.25) is 11.8 Å². The van der Waals surface area contributed by atoms with Gasteiger partial charge in [0.1, 0.15) is 0 Å². The highest BCUT2D eigenvalue weighted by Gasteiger charge is 2.44. The number of hydrogen-bond donors (Lipinski definition) is 0. The van der Waals surface area contributed by atoms with Crippen molar-refractivity contribution in [2.45, 2.75) is 70.6 Å². The number of anilines is 1. The maximum Gasteiger partial charge on any atom is 0.316 e. The first-order valence-corrected chi connectivity index (χ1v) is 12.9. The Morgan fingerprint density at radius 2 is 1.95 bits per heavy atom. The van der Waals surface area contributed by atoms with Gasteiger partial charge in [-0.2, -0.15) is 4.98 Å². The van der Waals surface area contributed by atoms with Gasteiger partial charge in [0, 0.05) is 54.9 Å². The van der Waals surface area contributed by atoms with Crippen LogP contribution in [0, 0.1) is 0 Å². The van der Waals surface area contributed by atoms with E-state index in [1.807, 2.05) is 31.2 Å². The summed E-state index contributed by atoms with van der Waals surface area (Å²) in [5, 5.41) is 4.11. The molecule has 0 spiro atoms. The average molecular weight is 508 g/mol. The van der Waals surface area contributed by atoms with E-state index in [9.17, 15) is 9.18 Å². The third-order valence-corrected chi connectivity index (χ3v) is 6.57. The van der Waals surface area contributed by atoms with E-state index in [0.29, 0.717) is 19.2 Å². The summed E-state index contributed by atoms with van der Waals surface area (Å²) in [6, 6.07) is 7.98. The molecule has 9 heteroatoms. The Kier molecular flexibility index (Phi) is 8.63. The van der Waals surface area contributed by atoms with Crippen LogP contribution in [-0.4, -0.2) is 39.2 Å². The number of rotatable bonds is 14. The van der Waals surface area contributed by atoms with Crippen LogP contribution in [0.25, 0.3) is 11.1 Å². The minimum atomic E-state index is -0.492. The van der Waals surface area contributed by atoms with Gasteiger partial charge in [-0.1, -0.05) is 37.2 Å². The van der Waals surface area contributed by atoms with Crippen molar-refractivity contribution in [3.8, 4) is 17.1 Å². The van der Waals surface area contributed by atoms with Crippen molar-refractivity contribution in [2.75, 3.05) is 18.1 Å². The quantitative estimate of drug-likeness (QED) is 0.248. The Morgan fingerprint density at radius 3 is 2.65 bits per heavy atom. The number of aromatic nitrogens is 4. The van der Waals surface area contributed by atoms with Gasteiger partial charge < -0.3 is 14.2 Å². The van der Waals surface area contributed by atoms with E-state index in [1.165, 1.54) is 0 Å². The molecule has 0 unspecified atom stereocenters. The van der Waals surface area contributed by atoms with Crippen molar-refractivity contribution in [3.63, 3.8) is 0 Å². The molecule has 196 valence electrons. The molecule has 1 aliphatic carbocycles. The molecule has 1 fully saturated rings. The lowest BCUT2D eigenvalue weighted by Crippen LogP contribution is -2.31. The molecule has 0 bridgehead atoms. The molecule has 0 atom stereocenters. The molecule has 2 aromatic heterocycles.